The fourth-order valence-electron chi connectivity index (χ4n) is 4.12. The third-order valence-electron chi connectivity index (χ3n) is 6.01. The van der Waals surface area contributed by atoms with Gasteiger partial charge in [0.1, 0.15) is 0 Å². The molecule has 1 aromatic heterocycles. The first-order chi connectivity index (χ1) is 16.9. The van der Waals surface area contributed by atoms with Crippen LogP contribution in [-0.4, -0.2) is 30.9 Å². The standard InChI is InChI=1S/C27H25N5OS2/c1-4-19-10-12-22(13-11-19)31-17(2)14-21(18(31)3)15-23-24(28)32-26(29-25(23)33)35-27(30-32)34-16-20-8-6-5-7-9-20/h5-15,28H,4,16H2,1-3H3. The van der Waals surface area contributed by atoms with Gasteiger partial charge in [-0.25, -0.2) is 0 Å². The van der Waals surface area contributed by atoms with Gasteiger partial charge in [0.2, 0.25) is 5.17 Å². The lowest BCUT2D eigenvalue weighted by molar-refractivity contribution is -0.114. The Balaban J connectivity index is 1.40. The predicted molar refractivity (Wildman–Crippen MR) is 147 cm³/mol. The fourth-order valence-corrected chi connectivity index (χ4v) is 6.00. The lowest BCUT2D eigenvalue weighted by Gasteiger charge is -2.20. The Kier molecular flexibility index (Phi) is 6.49. The second kappa shape index (κ2) is 9.71. The Morgan fingerprint density at radius 2 is 1.80 bits per heavy atom. The summed E-state index contributed by atoms with van der Waals surface area (Å²) in [6.45, 7) is 6.22. The normalized spacial score (nSPS) is 16.5. The second-order valence-electron chi connectivity index (χ2n) is 8.34. The predicted octanol–water partition coefficient (Wildman–Crippen LogP) is 6.17. The SMILES string of the molecule is CCc1ccc(-n2c(C)cc(C=C3C(=N)N4N=C(SCc5ccccc5)SC4=NC3=O)c2C)cc1. The van der Waals surface area contributed by atoms with Crippen molar-refractivity contribution >= 4 is 50.9 Å². The minimum absolute atomic E-state index is 0.0555. The van der Waals surface area contributed by atoms with Gasteiger partial charge >= 0.3 is 0 Å². The highest BCUT2D eigenvalue weighted by Gasteiger charge is 2.36. The van der Waals surface area contributed by atoms with Crippen molar-refractivity contribution in [1.29, 1.82) is 5.41 Å². The molecular formula is C27H25N5OS2. The number of carbonyl (C=O) groups is 1. The number of rotatable bonds is 5. The number of amides is 1. The summed E-state index contributed by atoms with van der Waals surface area (Å²) in [5.74, 6) is 0.415. The van der Waals surface area contributed by atoms with E-state index in [1.165, 1.54) is 27.9 Å². The van der Waals surface area contributed by atoms with E-state index < -0.39 is 5.91 Å². The number of amidine groups is 2. The van der Waals surface area contributed by atoms with E-state index in [1.54, 1.807) is 17.8 Å². The molecule has 176 valence electrons. The first-order valence-corrected chi connectivity index (χ1v) is 13.2. The van der Waals surface area contributed by atoms with Crippen LogP contribution in [0.15, 0.2) is 76.3 Å². The molecule has 0 aliphatic carbocycles. The van der Waals surface area contributed by atoms with Crippen LogP contribution in [0.4, 0.5) is 0 Å². The molecule has 5 rings (SSSR count). The van der Waals surface area contributed by atoms with E-state index in [0.717, 1.165) is 39.2 Å². The van der Waals surface area contributed by atoms with Crippen LogP contribution in [0, 0.1) is 19.3 Å². The van der Waals surface area contributed by atoms with Crippen LogP contribution in [0.25, 0.3) is 11.8 Å². The van der Waals surface area contributed by atoms with E-state index in [9.17, 15) is 4.79 Å². The molecule has 2 aliphatic heterocycles. The molecule has 0 spiro atoms. The quantitative estimate of drug-likeness (QED) is 0.426. The molecule has 8 heteroatoms. The van der Waals surface area contributed by atoms with Crippen LogP contribution in [0.2, 0.25) is 0 Å². The number of thioether (sulfide) groups is 2. The van der Waals surface area contributed by atoms with Crippen LogP contribution >= 0.6 is 23.5 Å². The Morgan fingerprint density at radius 1 is 1.06 bits per heavy atom. The highest BCUT2D eigenvalue weighted by molar-refractivity contribution is 8.45. The van der Waals surface area contributed by atoms with Crippen LogP contribution < -0.4 is 0 Å². The Bertz CT molecular complexity index is 1400. The minimum Gasteiger partial charge on any atom is -0.318 e. The third-order valence-corrected chi connectivity index (χ3v) is 8.13. The summed E-state index contributed by atoms with van der Waals surface area (Å²) in [6, 6.07) is 20.7. The molecule has 2 aliphatic rings. The van der Waals surface area contributed by atoms with E-state index in [4.69, 9.17) is 5.41 Å². The second-order valence-corrected chi connectivity index (χ2v) is 10.5. The smallest absolute Gasteiger partial charge is 0.283 e. The monoisotopic (exact) mass is 499 g/mol. The number of nitrogens with one attached hydrogen (secondary N) is 1. The number of aliphatic imine (C=N–C) groups is 1. The Hall–Kier alpha value is -3.36. The Morgan fingerprint density at radius 3 is 2.51 bits per heavy atom. The summed E-state index contributed by atoms with van der Waals surface area (Å²) in [4.78, 5) is 17.1. The molecule has 3 heterocycles. The van der Waals surface area contributed by atoms with Crippen molar-refractivity contribution in [3.8, 4) is 5.69 Å². The van der Waals surface area contributed by atoms with Crippen LogP contribution in [-0.2, 0) is 17.0 Å². The van der Waals surface area contributed by atoms with Gasteiger partial charge in [0.25, 0.3) is 5.91 Å². The number of fused-ring (bicyclic) bond motifs is 1. The maximum absolute atomic E-state index is 12.9. The maximum Gasteiger partial charge on any atom is 0.283 e. The van der Waals surface area contributed by atoms with Gasteiger partial charge in [-0.2, -0.15) is 10.0 Å². The number of aryl methyl sites for hydroxylation is 2. The molecular weight excluding hydrogens is 474 g/mol. The number of aromatic nitrogens is 1. The van der Waals surface area contributed by atoms with Crippen molar-refractivity contribution in [3.63, 3.8) is 0 Å². The summed E-state index contributed by atoms with van der Waals surface area (Å²) in [5, 5.41) is 15.2. The van der Waals surface area contributed by atoms with E-state index >= 15 is 0 Å². The number of carbonyl (C=O) groups excluding carboxylic acids is 1. The van der Waals surface area contributed by atoms with E-state index in [1.807, 2.05) is 38.1 Å². The first-order valence-electron chi connectivity index (χ1n) is 11.4. The number of hydrogen-bond acceptors (Lipinski definition) is 5. The highest BCUT2D eigenvalue weighted by Crippen LogP contribution is 2.34. The zero-order chi connectivity index (χ0) is 24.5. The van der Waals surface area contributed by atoms with Crippen molar-refractivity contribution < 1.29 is 4.79 Å². The average molecular weight is 500 g/mol. The third kappa shape index (κ3) is 4.63. The first kappa shape index (κ1) is 23.4. The van der Waals surface area contributed by atoms with Crippen LogP contribution in [0.5, 0.6) is 0 Å². The van der Waals surface area contributed by atoms with Crippen molar-refractivity contribution in [2.75, 3.05) is 0 Å². The molecule has 6 nitrogen and oxygen atoms in total. The number of hydrazone groups is 1. The molecule has 3 aromatic rings. The number of nitrogens with zero attached hydrogens (tertiary/aromatic N) is 4. The zero-order valence-electron chi connectivity index (χ0n) is 19.8. The molecule has 0 bridgehead atoms. The molecule has 0 fully saturated rings. The summed E-state index contributed by atoms with van der Waals surface area (Å²) >= 11 is 2.91. The van der Waals surface area contributed by atoms with Gasteiger partial charge in [-0.3, -0.25) is 10.2 Å². The topological polar surface area (TPSA) is 73.8 Å². The van der Waals surface area contributed by atoms with E-state index in [0.29, 0.717) is 5.17 Å². The van der Waals surface area contributed by atoms with Gasteiger partial charge < -0.3 is 4.57 Å². The minimum atomic E-state index is -0.407. The molecule has 0 saturated heterocycles. The van der Waals surface area contributed by atoms with Crippen molar-refractivity contribution in [2.45, 2.75) is 32.9 Å². The summed E-state index contributed by atoms with van der Waals surface area (Å²) in [7, 11) is 0. The average Bonchev–Trinajstić information content (AvgIpc) is 3.40. The Labute approximate surface area is 213 Å². The van der Waals surface area contributed by atoms with Gasteiger partial charge in [0, 0.05) is 22.8 Å². The maximum atomic E-state index is 12.9. The van der Waals surface area contributed by atoms with Crippen molar-refractivity contribution in [1.82, 2.24) is 9.58 Å². The molecule has 1 N–H and O–H groups in total. The summed E-state index contributed by atoms with van der Waals surface area (Å²) in [5.41, 5.74) is 6.77. The highest BCUT2D eigenvalue weighted by atomic mass is 32.2. The van der Waals surface area contributed by atoms with Gasteiger partial charge in [-0.1, -0.05) is 61.2 Å². The van der Waals surface area contributed by atoms with Gasteiger partial charge in [-0.15, -0.1) is 5.10 Å². The lowest BCUT2D eigenvalue weighted by atomic mass is 10.1. The van der Waals surface area contributed by atoms with Crippen LogP contribution in [0.3, 0.4) is 0 Å². The number of benzene rings is 2. The molecule has 2 aromatic carbocycles. The van der Waals surface area contributed by atoms with Gasteiger partial charge in [0.05, 0.1) is 5.57 Å². The van der Waals surface area contributed by atoms with Gasteiger partial charge in [-0.05, 0) is 73.0 Å². The fraction of sp³-hybridized carbons (Fsp3) is 0.185. The number of hydrogen-bond donors (Lipinski definition) is 1. The molecule has 1 amide bonds. The van der Waals surface area contributed by atoms with Crippen molar-refractivity contribution in [3.05, 3.63) is 94.3 Å². The zero-order valence-corrected chi connectivity index (χ0v) is 21.4. The van der Waals surface area contributed by atoms with Crippen molar-refractivity contribution in [2.24, 2.45) is 10.1 Å². The lowest BCUT2D eigenvalue weighted by Crippen LogP contribution is -2.35. The summed E-state index contributed by atoms with van der Waals surface area (Å²) < 4.78 is 2.94. The molecule has 0 saturated carbocycles. The van der Waals surface area contributed by atoms with Crippen LogP contribution in [0.1, 0.15) is 35.0 Å². The van der Waals surface area contributed by atoms with E-state index in [-0.39, 0.29) is 11.4 Å². The summed E-state index contributed by atoms with van der Waals surface area (Å²) in [6.07, 6.45) is 2.76. The van der Waals surface area contributed by atoms with Gasteiger partial charge in [0.15, 0.2) is 10.2 Å². The van der Waals surface area contributed by atoms with E-state index in [2.05, 4.69) is 58.0 Å². The molecule has 0 unspecified atom stereocenters. The largest absolute Gasteiger partial charge is 0.318 e. The molecule has 35 heavy (non-hydrogen) atoms. The molecule has 0 radical (unpaired) electrons. The molecule has 0 atom stereocenters.